The summed E-state index contributed by atoms with van der Waals surface area (Å²) in [6.07, 6.45) is 1.88. The van der Waals surface area contributed by atoms with Gasteiger partial charge in [-0.15, -0.1) is 0 Å². The lowest BCUT2D eigenvalue weighted by atomic mass is 10.2. The fourth-order valence-electron chi connectivity index (χ4n) is 1.71. The molecule has 0 saturated heterocycles. The minimum atomic E-state index is -0.260. The summed E-state index contributed by atoms with van der Waals surface area (Å²) in [6.45, 7) is 0.373. The average Bonchev–Trinajstić information content (AvgIpc) is 2.48. The number of anilines is 1. The van der Waals surface area contributed by atoms with Crippen LogP contribution >= 0.6 is 11.8 Å². The van der Waals surface area contributed by atoms with Crippen molar-refractivity contribution in [3.05, 3.63) is 59.9 Å². The zero-order valence-electron chi connectivity index (χ0n) is 11.6. The van der Waals surface area contributed by atoms with Crippen LogP contribution in [0.2, 0.25) is 0 Å². The van der Waals surface area contributed by atoms with E-state index in [1.165, 1.54) is 23.9 Å². The minimum absolute atomic E-state index is 0.0255. The molecule has 0 saturated carbocycles. The molecule has 0 bridgehead atoms. The molecular weight excluding hydrogens is 289 g/mol. The second-order valence-electron chi connectivity index (χ2n) is 4.42. The molecule has 2 aromatic rings. The summed E-state index contributed by atoms with van der Waals surface area (Å²) in [6, 6.07) is 13.3. The molecule has 3 nitrogen and oxygen atoms in total. The van der Waals surface area contributed by atoms with Crippen LogP contribution in [0.3, 0.4) is 0 Å². The number of ether oxygens (including phenoxy) is 1. The van der Waals surface area contributed by atoms with Crippen LogP contribution in [0.25, 0.3) is 0 Å². The first kappa shape index (κ1) is 15.4. The largest absolute Gasteiger partial charge is 0.489 e. The first-order valence-electron chi connectivity index (χ1n) is 6.43. The van der Waals surface area contributed by atoms with Crippen LogP contribution in [-0.2, 0) is 11.4 Å². The van der Waals surface area contributed by atoms with Crippen molar-refractivity contribution in [2.45, 2.75) is 6.61 Å². The fourth-order valence-corrected chi connectivity index (χ4v) is 2.04. The average molecular weight is 305 g/mol. The number of halogens is 1. The van der Waals surface area contributed by atoms with E-state index in [9.17, 15) is 9.18 Å². The Morgan fingerprint density at radius 2 is 1.81 bits per heavy atom. The highest BCUT2D eigenvalue weighted by Crippen LogP contribution is 2.17. The van der Waals surface area contributed by atoms with E-state index in [0.717, 1.165) is 11.3 Å². The van der Waals surface area contributed by atoms with Gasteiger partial charge in [-0.2, -0.15) is 11.8 Å². The van der Waals surface area contributed by atoms with Crippen molar-refractivity contribution in [2.75, 3.05) is 17.3 Å². The molecule has 2 rings (SSSR count). The maximum atomic E-state index is 12.8. The van der Waals surface area contributed by atoms with Gasteiger partial charge in [-0.1, -0.05) is 12.1 Å². The van der Waals surface area contributed by atoms with Crippen LogP contribution in [0.15, 0.2) is 48.5 Å². The van der Waals surface area contributed by atoms with Gasteiger partial charge in [-0.3, -0.25) is 4.79 Å². The third kappa shape index (κ3) is 5.11. The lowest BCUT2D eigenvalue weighted by Gasteiger charge is -2.08. The van der Waals surface area contributed by atoms with E-state index >= 15 is 0 Å². The second-order valence-corrected chi connectivity index (χ2v) is 5.29. The lowest BCUT2D eigenvalue weighted by molar-refractivity contribution is -0.113. The smallest absolute Gasteiger partial charge is 0.234 e. The number of benzene rings is 2. The summed E-state index contributed by atoms with van der Waals surface area (Å²) >= 11 is 1.48. The van der Waals surface area contributed by atoms with Crippen molar-refractivity contribution in [3.8, 4) is 5.75 Å². The molecule has 0 heterocycles. The SMILES string of the molecule is CSCC(=O)Nc1ccc(OCc2ccc(F)cc2)cc1. The normalized spacial score (nSPS) is 10.2. The Bertz CT molecular complexity index is 584. The standard InChI is InChI=1S/C16H16FNO2S/c1-21-11-16(19)18-14-6-8-15(9-7-14)20-10-12-2-4-13(17)5-3-12/h2-9H,10-11H2,1H3,(H,18,19). The summed E-state index contributed by atoms with van der Waals surface area (Å²) in [5, 5.41) is 2.79. The number of amides is 1. The van der Waals surface area contributed by atoms with Crippen LogP contribution < -0.4 is 10.1 Å². The Morgan fingerprint density at radius 1 is 1.14 bits per heavy atom. The molecule has 2 aromatic carbocycles. The monoisotopic (exact) mass is 305 g/mol. The number of hydrogen-bond donors (Lipinski definition) is 1. The van der Waals surface area contributed by atoms with E-state index < -0.39 is 0 Å². The summed E-state index contributed by atoms with van der Waals surface area (Å²) in [7, 11) is 0. The lowest BCUT2D eigenvalue weighted by Crippen LogP contribution is -2.13. The molecular formula is C16H16FNO2S. The summed E-state index contributed by atoms with van der Waals surface area (Å²) in [5.74, 6) is 0.844. The Kier molecular flexibility index (Phi) is 5.63. The maximum Gasteiger partial charge on any atom is 0.234 e. The molecule has 0 aliphatic heterocycles. The van der Waals surface area contributed by atoms with Gasteiger partial charge in [0, 0.05) is 5.69 Å². The Hall–Kier alpha value is -2.01. The molecule has 0 aliphatic rings. The molecule has 21 heavy (non-hydrogen) atoms. The van der Waals surface area contributed by atoms with E-state index in [4.69, 9.17) is 4.74 Å². The van der Waals surface area contributed by atoms with Crippen molar-refractivity contribution in [3.63, 3.8) is 0 Å². The quantitative estimate of drug-likeness (QED) is 0.884. The molecule has 0 spiro atoms. The number of rotatable bonds is 6. The highest BCUT2D eigenvalue weighted by atomic mass is 32.2. The Balaban J connectivity index is 1.87. The van der Waals surface area contributed by atoms with Gasteiger partial charge in [0.05, 0.1) is 5.75 Å². The summed E-state index contributed by atoms with van der Waals surface area (Å²) < 4.78 is 18.4. The molecule has 0 atom stereocenters. The summed E-state index contributed by atoms with van der Waals surface area (Å²) in [4.78, 5) is 11.4. The van der Waals surface area contributed by atoms with Crippen LogP contribution in [0.1, 0.15) is 5.56 Å². The predicted octanol–water partition coefficient (Wildman–Crippen LogP) is 3.71. The first-order valence-corrected chi connectivity index (χ1v) is 7.83. The van der Waals surface area contributed by atoms with Gasteiger partial charge in [0.25, 0.3) is 0 Å². The molecule has 5 heteroatoms. The third-order valence-electron chi connectivity index (χ3n) is 2.73. The van der Waals surface area contributed by atoms with E-state index in [1.807, 2.05) is 6.26 Å². The van der Waals surface area contributed by atoms with E-state index in [1.54, 1.807) is 36.4 Å². The first-order chi connectivity index (χ1) is 10.2. The number of nitrogens with one attached hydrogen (secondary N) is 1. The highest BCUT2D eigenvalue weighted by Gasteiger charge is 2.02. The number of thioether (sulfide) groups is 1. The Morgan fingerprint density at radius 3 is 2.43 bits per heavy atom. The minimum Gasteiger partial charge on any atom is -0.489 e. The second kappa shape index (κ2) is 7.69. The van der Waals surface area contributed by atoms with Gasteiger partial charge in [0.1, 0.15) is 18.2 Å². The molecule has 0 unspecified atom stereocenters. The third-order valence-corrected chi connectivity index (χ3v) is 3.28. The zero-order valence-corrected chi connectivity index (χ0v) is 12.5. The van der Waals surface area contributed by atoms with Gasteiger partial charge in [-0.05, 0) is 48.2 Å². The van der Waals surface area contributed by atoms with Gasteiger partial charge in [0.15, 0.2) is 0 Å². The van der Waals surface area contributed by atoms with Crippen molar-refractivity contribution in [1.29, 1.82) is 0 Å². The molecule has 110 valence electrons. The van der Waals surface area contributed by atoms with Gasteiger partial charge < -0.3 is 10.1 Å². The van der Waals surface area contributed by atoms with Crippen molar-refractivity contribution >= 4 is 23.4 Å². The molecule has 1 amide bonds. The maximum absolute atomic E-state index is 12.8. The van der Waals surface area contributed by atoms with Crippen LogP contribution in [0.5, 0.6) is 5.75 Å². The fraction of sp³-hybridized carbons (Fsp3) is 0.188. The molecule has 0 fully saturated rings. The zero-order chi connectivity index (χ0) is 15.1. The number of carbonyl (C=O) groups excluding carboxylic acids is 1. The van der Waals surface area contributed by atoms with Crippen LogP contribution in [0.4, 0.5) is 10.1 Å². The van der Waals surface area contributed by atoms with Gasteiger partial charge in [-0.25, -0.2) is 4.39 Å². The molecule has 0 radical (unpaired) electrons. The number of carbonyl (C=O) groups is 1. The van der Waals surface area contributed by atoms with Gasteiger partial charge in [0.2, 0.25) is 5.91 Å². The summed E-state index contributed by atoms with van der Waals surface area (Å²) in [5.41, 5.74) is 1.64. The van der Waals surface area contributed by atoms with Crippen LogP contribution in [0, 0.1) is 5.82 Å². The molecule has 0 aliphatic carbocycles. The van der Waals surface area contributed by atoms with E-state index in [0.29, 0.717) is 18.1 Å². The molecule has 0 aromatic heterocycles. The van der Waals surface area contributed by atoms with Crippen molar-refractivity contribution in [1.82, 2.24) is 0 Å². The Labute approximate surface area is 127 Å². The molecule has 1 N–H and O–H groups in total. The van der Waals surface area contributed by atoms with Crippen molar-refractivity contribution in [2.24, 2.45) is 0 Å². The topological polar surface area (TPSA) is 38.3 Å². The van der Waals surface area contributed by atoms with E-state index in [-0.39, 0.29) is 11.7 Å². The van der Waals surface area contributed by atoms with Crippen LogP contribution in [-0.4, -0.2) is 17.9 Å². The highest BCUT2D eigenvalue weighted by molar-refractivity contribution is 7.99. The van der Waals surface area contributed by atoms with Crippen molar-refractivity contribution < 1.29 is 13.9 Å². The number of hydrogen-bond acceptors (Lipinski definition) is 3. The van der Waals surface area contributed by atoms with Gasteiger partial charge >= 0.3 is 0 Å². The van der Waals surface area contributed by atoms with E-state index in [2.05, 4.69) is 5.32 Å². The predicted molar refractivity (Wildman–Crippen MR) is 84.2 cm³/mol.